The van der Waals surface area contributed by atoms with Crippen molar-refractivity contribution in [2.24, 2.45) is 0 Å². The van der Waals surface area contributed by atoms with Gasteiger partial charge in [0.25, 0.3) is 5.91 Å². The van der Waals surface area contributed by atoms with Crippen molar-refractivity contribution in [3.8, 4) is 5.88 Å². The third-order valence-electron chi connectivity index (χ3n) is 4.54. The molecule has 1 aromatic carbocycles. The molecule has 2 heterocycles. The van der Waals surface area contributed by atoms with Gasteiger partial charge in [0, 0.05) is 31.4 Å². The molecule has 1 amide bonds. The van der Waals surface area contributed by atoms with E-state index in [2.05, 4.69) is 37.6 Å². The number of nitrogens with zero attached hydrogens (tertiary/aromatic N) is 3. The minimum absolute atomic E-state index is 0.0911. The molecule has 2 aromatic rings. The molecule has 0 radical (unpaired) electrons. The minimum atomic E-state index is -0.343. The summed E-state index contributed by atoms with van der Waals surface area (Å²) in [7, 11) is 1.46. The highest BCUT2D eigenvalue weighted by Gasteiger charge is 2.26. The van der Waals surface area contributed by atoms with Crippen LogP contribution in [0.4, 0.5) is 11.5 Å². The number of aromatic nitrogens is 2. The molecule has 0 spiro atoms. The van der Waals surface area contributed by atoms with Crippen LogP contribution >= 0.6 is 11.6 Å². The second-order valence-corrected chi connectivity index (χ2v) is 6.64. The molecule has 1 atom stereocenters. The van der Waals surface area contributed by atoms with E-state index >= 15 is 0 Å². The summed E-state index contributed by atoms with van der Waals surface area (Å²) in [6.07, 6.45) is 2.12. The summed E-state index contributed by atoms with van der Waals surface area (Å²) in [5, 5.41) is 6.09. The van der Waals surface area contributed by atoms with Gasteiger partial charge in [-0.25, -0.2) is 4.98 Å². The molecule has 8 heteroatoms. The van der Waals surface area contributed by atoms with Crippen LogP contribution in [-0.2, 0) is 0 Å². The smallest absolute Gasteiger partial charge is 0.275 e. The van der Waals surface area contributed by atoms with Gasteiger partial charge in [0.05, 0.1) is 7.11 Å². The highest BCUT2D eigenvalue weighted by Crippen LogP contribution is 2.26. The van der Waals surface area contributed by atoms with Crippen LogP contribution in [0.1, 0.15) is 30.3 Å². The van der Waals surface area contributed by atoms with E-state index in [1.165, 1.54) is 12.8 Å². The molecule has 1 aliphatic heterocycles. The zero-order chi connectivity index (χ0) is 19.2. The van der Waals surface area contributed by atoms with Crippen molar-refractivity contribution in [3.05, 3.63) is 41.2 Å². The first-order chi connectivity index (χ1) is 13.1. The fourth-order valence-electron chi connectivity index (χ4n) is 3.27. The Morgan fingerprint density at radius 3 is 2.81 bits per heavy atom. The highest BCUT2D eigenvalue weighted by atomic mass is 35.5. The fraction of sp³-hybridized carbons (Fsp3) is 0.421. The summed E-state index contributed by atoms with van der Waals surface area (Å²) in [5.74, 6) is 0.210. The number of ether oxygens (including phenoxy) is 1. The number of para-hydroxylation sites is 1. The maximum absolute atomic E-state index is 12.7. The van der Waals surface area contributed by atoms with Crippen LogP contribution in [0.5, 0.6) is 5.88 Å². The first-order valence-electron chi connectivity index (χ1n) is 9.09. The quantitative estimate of drug-likeness (QED) is 0.757. The van der Waals surface area contributed by atoms with Crippen LogP contribution in [0.2, 0.25) is 5.15 Å². The number of halogens is 1. The summed E-state index contributed by atoms with van der Waals surface area (Å²) in [4.78, 5) is 23.4. The van der Waals surface area contributed by atoms with Crippen LogP contribution in [0.25, 0.3) is 0 Å². The van der Waals surface area contributed by atoms with E-state index in [4.69, 9.17) is 16.3 Å². The van der Waals surface area contributed by atoms with E-state index in [1.54, 1.807) is 0 Å². The Hall–Kier alpha value is -2.54. The lowest BCUT2D eigenvalue weighted by Gasteiger charge is -2.27. The molecule has 1 fully saturated rings. The number of carbonyl (C=O) groups excluding carboxylic acids is 1. The first-order valence-corrected chi connectivity index (χ1v) is 9.47. The Labute approximate surface area is 164 Å². The van der Waals surface area contributed by atoms with Crippen molar-refractivity contribution in [2.45, 2.75) is 25.8 Å². The second-order valence-electron chi connectivity index (χ2n) is 6.29. The van der Waals surface area contributed by atoms with Crippen molar-refractivity contribution in [3.63, 3.8) is 0 Å². The Balaban J connectivity index is 1.69. The van der Waals surface area contributed by atoms with Crippen LogP contribution < -0.4 is 20.3 Å². The number of anilines is 2. The van der Waals surface area contributed by atoms with Gasteiger partial charge in [-0.15, -0.1) is 0 Å². The van der Waals surface area contributed by atoms with E-state index in [-0.39, 0.29) is 28.7 Å². The summed E-state index contributed by atoms with van der Waals surface area (Å²) < 4.78 is 5.23. The number of benzene rings is 1. The minimum Gasteiger partial charge on any atom is -0.479 e. The van der Waals surface area contributed by atoms with Gasteiger partial charge in [-0.3, -0.25) is 4.79 Å². The molecule has 3 rings (SSSR count). The van der Waals surface area contributed by atoms with Crippen molar-refractivity contribution in [1.29, 1.82) is 0 Å². The van der Waals surface area contributed by atoms with Crippen LogP contribution in [-0.4, -0.2) is 48.7 Å². The highest BCUT2D eigenvalue weighted by molar-refractivity contribution is 6.31. The molecule has 144 valence electrons. The molecule has 0 bridgehead atoms. The van der Waals surface area contributed by atoms with Gasteiger partial charge in [0.1, 0.15) is 0 Å². The molecule has 1 aliphatic rings. The molecule has 27 heavy (non-hydrogen) atoms. The van der Waals surface area contributed by atoms with E-state index in [0.717, 1.165) is 19.4 Å². The second kappa shape index (κ2) is 8.90. The summed E-state index contributed by atoms with van der Waals surface area (Å²) in [6, 6.07) is 10.5. The molecule has 1 saturated heterocycles. The molecular weight excluding hydrogens is 366 g/mol. The van der Waals surface area contributed by atoms with E-state index in [0.29, 0.717) is 18.9 Å². The normalized spacial score (nSPS) is 16.3. The predicted molar refractivity (Wildman–Crippen MR) is 107 cm³/mol. The number of nitrogens with one attached hydrogen (secondary N) is 2. The Kier molecular flexibility index (Phi) is 6.34. The number of hydrogen-bond donors (Lipinski definition) is 2. The SMILES string of the molecule is CCNc1nc(OC)c(C(=O)NCC2CCCN2c2ccccc2)nc1Cl. The van der Waals surface area contributed by atoms with Crippen molar-refractivity contribution in [1.82, 2.24) is 15.3 Å². The van der Waals surface area contributed by atoms with Gasteiger partial charge in [0.15, 0.2) is 16.7 Å². The molecule has 2 N–H and O–H groups in total. The third-order valence-corrected chi connectivity index (χ3v) is 4.80. The molecular formula is C19H24ClN5O2. The molecule has 1 unspecified atom stereocenters. The van der Waals surface area contributed by atoms with Gasteiger partial charge < -0.3 is 20.3 Å². The Bertz CT molecular complexity index is 787. The molecule has 0 aliphatic carbocycles. The van der Waals surface area contributed by atoms with E-state index in [9.17, 15) is 4.79 Å². The maximum Gasteiger partial charge on any atom is 0.275 e. The lowest BCUT2D eigenvalue weighted by Crippen LogP contribution is -2.40. The zero-order valence-electron chi connectivity index (χ0n) is 15.5. The molecule has 1 aromatic heterocycles. The summed E-state index contributed by atoms with van der Waals surface area (Å²) >= 11 is 6.13. The number of methoxy groups -OCH3 is 1. The predicted octanol–water partition coefficient (Wildman–Crippen LogP) is 2.97. The van der Waals surface area contributed by atoms with Crippen molar-refractivity contribution < 1.29 is 9.53 Å². The molecule has 7 nitrogen and oxygen atoms in total. The lowest BCUT2D eigenvalue weighted by molar-refractivity contribution is 0.0942. The van der Waals surface area contributed by atoms with Crippen LogP contribution in [0.15, 0.2) is 30.3 Å². The van der Waals surface area contributed by atoms with E-state index < -0.39 is 0 Å². The monoisotopic (exact) mass is 389 g/mol. The van der Waals surface area contributed by atoms with E-state index in [1.807, 2.05) is 25.1 Å². The first kappa shape index (κ1) is 19.2. The van der Waals surface area contributed by atoms with Gasteiger partial charge in [-0.2, -0.15) is 4.98 Å². The average molecular weight is 390 g/mol. The van der Waals surface area contributed by atoms with Crippen molar-refractivity contribution >= 4 is 29.0 Å². The maximum atomic E-state index is 12.7. The topological polar surface area (TPSA) is 79.4 Å². The lowest BCUT2D eigenvalue weighted by atomic mass is 10.2. The van der Waals surface area contributed by atoms with Gasteiger partial charge in [-0.05, 0) is 31.9 Å². The van der Waals surface area contributed by atoms with Gasteiger partial charge in [-0.1, -0.05) is 29.8 Å². The zero-order valence-corrected chi connectivity index (χ0v) is 16.3. The Morgan fingerprint density at radius 2 is 2.11 bits per heavy atom. The summed E-state index contributed by atoms with van der Waals surface area (Å²) in [5.41, 5.74) is 1.26. The van der Waals surface area contributed by atoms with Crippen molar-refractivity contribution in [2.75, 3.05) is 37.0 Å². The van der Waals surface area contributed by atoms with Crippen LogP contribution in [0.3, 0.4) is 0 Å². The van der Waals surface area contributed by atoms with Gasteiger partial charge >= 0.3 is 0 Å². The average Bonchev–Trinajstić information content (AvgIpc) is 3.17. The largest absolute Gasteiger partial charge is 0.479 e. The third kappa shape index (κ3) is 4.42. The standard InChI is InChI=1S/C19H24ClN5O2/c1-3-21-17-16(20)23-15(19(24-17)27-2)18(26)22-12-14-10-7-11-25(14)13-8-5-4-6-9-13/h4-6,8-9,14H,3,7,10-12H2,1-2H3,(H,21,24)(H,22,26). The number of amides is 1. The fourth-order valence-corrected chi connectivity index (χ4v) is 3.46. The molecule has 0 saturated carbocycles. The number of hydrogen-bond acceptors (Lipinski definition) is 6. The number of carbonyl (C=O) groups is 1. The van der Waals surface area contributed by atoms with Crippen LogP contribution in [0, 0.1) is 0 Å². The van der Waals surface area contributed by atoms with Gasteiger partial charge in [0.2, 0.25) is 5.88 Å². The summed E-state index contributed by atoms with van der Waals surface area (Å²) in [6.45, 7) is 4.06. The number of rotatable bonds is 7. The Morgan fingerprint density at radius 1 is 1.33 bits per heavy atom.